The van der Waals surface area contributed by atoms with Gasteiger partial charge in [-0.1, -0.05) is 6.07 Å². The number of rotatable bonds is 3. The summed E-state index contributed by atoms with van der Waals surface area (Å²) >= 11 is 0. The van der Waals surface area contributed by atoms with Gasteiger partial charge in [-0.25, -0.2) is 12.4 Å². The summed E-state index contributed by atoms with van der Waals surface area (Å²) in [6.07, 6.45) is 4.03. The van der Waals surface area contributed by atoms with Crippen LogP contribution in [0.15, 0.2) is 47.6 Å². The Kier molecular flexibility index (Phi) is 5.60. The minimum absolute atomic E-state index is 0.250. The summed E-state index contributed by atoms with van der Waals surface area (Å²) in [4.78, 5) is 15.3. The lowest BCUT2D eigenvalue weighted by Crippen LogP contribution is -2.43. The summed E-state index contributed by atoms with van der Waals surface area (Å²) < 4.78 is 34.0. The minimum Gasteiger partial charge on any atom is -0.493 e. The number of anilines is 1. The molecule has 2 aliphatic rings. The fourth-order valence-electron chi connectivity index (χ4n) is 3.89. The topological polar surface area (TPSA) is 114 Å². The molecule has 0 amide bonds. The lowest BCUT2D eigenvalue weighted by molar-refractivity contribution is -0.122. The molecule has 2 aliphatic heterocycles. The maximum absolute atomic E-state index is 13.6. The second-order valence-electron chi connectivity index (χ2n) is 6.86. The van der Waals surface area contributed by atoms with Gasteiger partial charge >= 0.3 is 0 Å². The highest BCUT2D eigenvalue weighted by molar-refractivity contribution is 7.90. The lowest BCUT2D eigenvalue weighted by atomic mass is 10.2. The molecule has 2 N–H and O–H groups in total. The number of pyridine rings is 1. The van der Waals surface area contributed by atoms with Gasteiger partial charge < -0.3 is 20.1 Å². The number of fused-ring (bicyclic) bond motifs is 2. The number of carbonyl (C=O) groups is 1. The first-order chi connectivity index (χ1) is 14.6. The summed E-state index contributed by atoms with van der Waals surface area (Å²) in [5.74, 6) is 0.660. The van der Waals surface area contributed by atoms with Crippen LogP contribution in [0.2, 0.25) is 0 Å². The molecule has 0 bridgehead atoms. The Labute approximate surface area is 173 Å². The Morgan fingerprint density at radius 2 is 1.93 bits per heavy atom. The predicted molar refractivity (Wildman–Crippen MR) is 112 cm³/mol. The second-order valence-corrected chi connectivity index (χ2v) is 8.64. The van der Waals surface area contributed by atoms with Gasteiger partial charge in [0, 0.05) is 50.6 Å². The van der Waals surface area contributed by atoms with Crippen LogP contribution in [0.3, 0.4) is 0 Å². The van der Waals surface area contributed by atoms with Gasteiger partial charge in [0.25, 0.3) is 16.5 Å². The Morgan fingerprint density at radius 3 is 2.70 bits per heavy atom. The van der Waals surface area contributed by atoms with Crippen molar-refractivity contribution in [3.8, 4) is 5.75 Å². The molecule has 0 spiro atoms. The van der Waals surface area contributed by atoms with E-state index in [4.69, 9.17) is 14.6 Å². The number of hydrogen-bond acceptors (Lipinski definition) is 7. The minimum atomic E-state index is -3.75. The van der Waals surface area contributed by atoms with Crippen LogP contribution in [-0.2, 0) is 21.2 Å². The van der Waals surface area contributed by atoms with Crippen molar-refractivity contribution in [1.29, 1.82) is 0 Å². The molecule has 5 rings (SSSR count). The standard InChI is InChI=1S/C19H20N4O3S.CH2O2/c24-27(25,18-5-1-4-17-14(18)6-12-26-17)23-13-16(22-10-8-20-9-11-22)19-15(23)3-2-7-21-19;2-1-3/h1-5,7,13,20H,6,8-12H2;1H,(H,2,3). The molecule has 0 atom stereocenters. The number of piperazine rings is 1. The van der Waals surface area contributed by atoms with E-state index in [2.05, 4.69) is 15.2 Å². The molecule has 1 aromatic carbocycles. The number of nitrogens with one attached hydrogen (secondary N) is 1. The Bertz CT molecular complexity index is 1170. The van der Waals surface area contributed by atoms with E-state index in [-0.39, 0.29) is 6.47 Å². The Balaban J connectivity index is 0.000000687. The van der Waals surface area contributed by atoms with E-state index in [0.29, 0.717) is 34.7 Å². The maximum Gasteiger partial charge on any atom is 0.290 e. The van der Waals surface area contributed by atoms with Crippen LogP contribution in [0.1, 0.15) is 5.56 Å². The van der Waals surface area contributed by atoms with E-state index < -0.39 is 10.0 Å². The lowest BCUT2D eigenvalue weighted by Gasteiger charge is -2.28. The maximum atomic E-state index is 13.6. The van der Waals surface area contributed by atoms with Gasteiger partial charge in [-0.15, -0.1) is 0 Å². The average Bonchev–Trinajstić information content (AvgIpc) is 3.40. The Hall–Kier alpha value is -3.11. The van der Waals surface area contributed by atoms with Gasteiger partial charge in [0.05, 0.1) is 22.7 Å². The number of benzene rings is 1. The van der Waals surface area contributed by atoms with E-state index in [0.717, 1.165) is 37.4 Å². The number of hydrogen-bond donors (Lipinski definition) is 2. The third-order valence-electron chi connectivity index (χ3n) is 5.20. The summed E-state index contributed by atoms with van der Waals surface area (Å²) in [5.41, 5.74) is 2.93. The number of carboxylic acid groups (broad SMARTS) is 1. The molecule has 0 saturated carbocycles. The monoisotopic (exact) mass is 430 g/mol. The average molecular weight is 430 g/mol. The summed E-state index contributed by atoms with van der Waals surface area (Å²) in [6, 6.07) is 8.80. The van der Waals surface area contributed by atoms with Crippen molar-refractivity contribution in [2.24, 2.45) is 0 Å². The fourth-order valence-corrected chi connectivity index (χ4v) is 5.51. The van der Waals surface area contributed by atoms with Gasteiger partial charge in [-0.3, -0.25) is 9.78 Å². The number of nitrogens with zero attached hydrogens (tertiary/aromatic N) is 3. The van der Waals surface area contributed by atoms with Crippen molar-refractivity contribution in [2.75, 3.05) is 37.7 Å². The zero-order valence-corrected chi connectivity index (χ0v) is 17.0. The van der Waals surface area contributed by atoms with E-state index in [9.17, 15) is 8.42 Å². The predicted octanol–water partition coefficient (Wildman–Crippen LogP) is 1.32. The molecule has 158 valence electrons. The van der Waals surface area contributed by atoms with Crippen molar-refractivity contribution < 1.29 is 23.1 Å². The SMILES string of the molecule is O=CO.O=S(=O)(c1cccc2c1CCO2)n1cc(N2CCNCC2)c2ncccc21. The van der Waals surface area contributed by atoms with Crippen LogP contribution in [0.4, 0.5) is 5.69 Å². The molecule has 10 heteroatoms. The zero-order valence-electron chi connectivity index (χ0n) is 16.2. The van der Waals surface area contributed by atoms with Crippen molar-refractivity contribution >= 4 is 33.2 Å². The van der Waals surface area contributed by atoms with Gasteiger partial charge in [0.1, 0.15) is 11.3 Å². The molecule has 1 saturated heterocycles. The molecule has 30 heavy (non-hydrogen) atoms. The summed E-state index contributed by atoms with van der Waals surface area (Å²) in [7, 11) is -3.75. The first-order valence-corrected chi connectivity index (χ1v) is 11.0. The molecular weight excluding hydrogens is 408 g/mol. The second kappa shape index (κ2) is 8.33. The highest BCUT2D eigenvalue weighted by Gasteiger charge is 2.29. The van der Waals surface area contributed by atoms with E-state index >= 15 is 0 Å². The first-order valence-electron chi connectivity index (χ1n) is 9.58. The summed E-state index contributed by atoms with van der Waals surface area (Å²) in [5, 5.41) is 10.2. The van der Waals surface area contributed by atoms with Crippen molar-refractivity contribution in [2.45, 2.75) is 11.3 Å². The number of ether oxygens (including phenoxy) is 1. The third kappa shape index (κ3) is 3.48. The highest BCUT2D eigenvalue weighted by atomic mass is 32.2. The largest absolute Gasteiger partial charge is 0.493 e. The first kappa shape index (κ1) is 20.2. The highest BCUT2D eigenvalue weighted by Crippen LogP contribution is 2.35. The van der Waals surface area contributed by atoms with E-state index in [1.165, 1.54) is 3.97 Å². The third-order valence-corrected chi connectivity index (χ3v) is 6.96. The molecule has 3 aromatic rings. The molecule has 0 unspecified atom stereocenters. The van der Waals surface area contributed by atoms with Crippen LogP contribution >= 0.6 is 0 Å². The molecule has 2 aromatic heterocycles. The summed E-state index contributed by atoms with van der Waals surface area (Å²) in [6.45, 7) is 3.65. The smallest absolute Gasteiger partial charge is 0.290 e. The van der Waals surface area contributed by atoms with Crippen LogP contribution < -0.4 is 15.0 Å². The van der Waals surface area contributed by atoms with Gasteiger partial charge in [-0.2, -0.15) is 0 Å². The van der Waals surface area contributed by atoms with Crippen molar-refractivity contribution in [1.82, 2.24) is 14.3 Å². The van der Waals surface area contributed by atoms with E-state index in [1.54, 1.807) is 30.6 Å². The normalized spacial score (nSPS) is 15.8. The van der Waals surface area contributed by atoms with Crippen molar-refractivity contribution in [3.05, 3.63) is 48.3 Å². The van der Waals surface area contributed by atoms with Crippen LogP contribution in [-0.4, -0.2) is 61.7 Å². The van der Waals surface area contributed by atoms with Crippen molar-refractivity contribution in [3.63, 3.8) is 0 Å². The number of aromatic nitrogens is 2. The molecule has 0 aliphatic carbocycles. The van der Waals surface area contributed by atoms with E-state index in [1.807, 2.05) is 12.1 Å². The molecule has 9 nitrogen and oxygen atoms in total. The van der Waals surface area contributed by atoms with Crippen LogP contribution in [0.5, 0.6) is 5.75 Å². The zero-order chi connectivity index (χ0) is 21.1. The van der Waals surface area contributed by atoms with Gasteiger partial charge in [0.15, 0.2) is 0 Å². The van der Waals surface area contributed by atoms with Crippen LogP contribution in [0.25, 0.3) is 11.0 Å². The van der Waals surface area contributed by atoms with Gasteiger partial charge in [0.2, 0.25) is 0 Å². The molecule has 1 fully saturated rings. The van der Waals surface area contributed by atoms with Crippen LogP contribution in [0, 0.1) is 0 Å². The quantitative estimate of drug-likeness (QED) is 0.598. The Morgan fingerprint density at radius 1 is 1.17 bits per heavy atom. The molecule has 0 radical (unpaired) electrons. The fraction of sp³-hybridized carbons (Fsp3) is 0.300. The van der Waals surface area contributed by atoms with Gasteiger partial charge in [-0.05, 0) is 24.3 Å². The molecular formula is C20H22N4O5S. The molecule has 4 heterocycles.